The summed E-state index contributed by atoms with van der Waals surface area (Å²) in [7, 11) is 3.85. The van der Waals surface area contributed by atoms with Gasteiger partial charge < -0.3 is 31.6 Å². The van der Waals surface area contributed by atoms with Crippen LogP contribution in [0.4, 0.5) is 5.82 Å². The smallest absolute Gasteiger partial charge is 0.693 e. The van der Waals surface area contributed by atoms with E-state index in [1.165, 1.54) is 16.3 Å². The number of hydrogen-bond acceptors (Lipinski definition) is 6. The fourth-order valence-electron chi connectivity index (χ4n) is 3.27. The Balaban J connectivity index is 0. The normalized spacial score (nSPS) is 14.7. The molecule has 1 amide bonds. The predicted octanol–water partition coefficient (Wildman–Crippen LogP) is 0.548. The predicted molar refractivity (Wildman–Crippen MR) is 128 cm³/mol. The maximum Gasteiger partial charge on any atom is 1.00 e. The van der Waals surface area contributed by atoms with Crippen molar-refractivity contribution in [3.05, 3.63) is 42.2 Å². The Morgan fingerprint density at radius 2 is 1.91 bits per heavy atom. The van der Waals surface area contributed by atoms with E-state index in [1.54, 1.807) is 4.90 Å². The number of amides is 1. The van der Waals surface area contributed by atoms with E-state index < -0.39 is 0 Å². The minimum atomic E-state index is -0.302. The summed E-state index contributed by atoms with van der Waals surface area (Å²) in [4.78, 5) is 25.7. The molecule has 8 nitrogen and oxygen atoms in total. The number of nitrogens with zero attached hydrogens (tertiary/aromatic N) is 2. The van der Waals surface area contributed by atoms with Crippen molar-refractivity contribution in [1.29, 1.82) is 0 Å². The van der Waals surface area contributed by atoms with E-state index in [2.05, 4.69) is 54.6 Å². The third-order valence-corrected chi connectivity index (χ3v) is 4.64. The Morgan fingerprint density at radius 1 is 1.25 bits per heavy atom. The summed E-state index contributed by atoms with van der Waals surface area (Å²) >= 11 is 0. The number of carbonyl (C=O) groups excluding carboxylic acids is 2. The van der Waals surface area contributed by atoms with Gasteiger partial charge in [-0.1, -0.05) is 32.9 Å². The molecule has 9 heteroatoms. The maximum atomic E-state index is 11.6. The number of β-amino-alcohol motifs (C(OH)–C–C–N with tert-alkyl or cyclic N) is 1. The first-order chi connectivity index (χ1) is 14.2. The molecular weight excluding hydrogens is 433 g/mol. The minimum absolute atomic E-state index is 0. The third-order valence-electron chi connectivity index (χ3n) is 4.64. The van der Waals surface area contributed by atoms with Crippen molar-refractivity contribution in [3.8, 4) is 0 Å². The van der Waals surface area contributed by atoms with Crippen molar-refractivity contribution in [2.24, 2.45) is 5.41 Å². The fourth-order valence-corrected chi connectivity index (χ4v) is 3.27. The van der Waals surface area contributed by atoms with Gasteiger partial charge in [0, 0.05) is 44.7 Å². The number of anilines is 1. The first-order valence-electron chi connectivity index (χ1n) is 10.2. The Hall–Kier alpha value is -0.914. The molecule has 1 aromatic carbocycles. The van der Waals surface area contributed by atoms with Crippen molar-refractivity contribution in [2.45, 2.75) is 46.3 Å². The summed E-state index contributed by atoms with van der Waals surface area (Å²) in [5, 5.41) is 17.9. The Morgan fingerprint density at radius 3 is 2.41 bits per heavy atom. The van der Waals surface area contributed by atoms with Crippen LogP contribution >= 0.6 is 0 Å². The van der Waals surface area contributed by atoms with Gasteiger partial charge in [-0.3, -0.25) is 4.79 Å². The van der Waals surface area contributed by atoms with Crippen molar-refractivity contribution >= 4 is 29.3 Å². The molecule has 1 saturated heterocycles. The SMILES string of the molecule is C=O.CC(C)(C)CC(=O)N1CCC(O)C1.CNCc1ccc2c(NC)nccc2c1.[K+].[NH2-]. The van der Waals surface area contributed by atoms with Crippen LogP contribution in [0.15, 0.2) is 30.5 Å². The molecule has 1 atom stereocenters. The first kappa shape index (κ1) is 33.3. The zero-order valence-corrected chi connectivity index (χ0v) is 23.6. The second kappa shape index (κ2) is 16.7. The van der Waals surface area contributed by atoms with Gasteiger partial charge in [0.1, 0.15) is 12.6 Å². The van der Waals surface area contributed by atoms with Crippen LogP contribution in [0.3, 0.4) is 0 Å². The Labute approximate surface area is 234 Å². The molecule has 1 unspecified atom stereocenters. The number of aliphatic hydroxyl groups is 1. The summed E-state index contributed by atoms with van der Waals surface area (Å²) < 4.78 is 0. The van der Waals surface area contributed by atoms with Crippen LogP contribution in [-0.2, 0) is 16.1 Å². The zero-order valence-electron chi connectivity index (χ0n) is 20.4. The number of rotatable bonds is 4. The number of aromatic nitrogens is 1. The molecule has 2 aromatic rings. The molecule has 0 spiro atoms. The molecule has 1 fully saturated rings. The number of fused-ring (bicyclic) bond motifs is 1. The van der Waals surface area contributed by atoms with Gasteiger partial charge in [0.2, 0.25) is 5.91 Å². The summed E-state index contributed by atoms with van der Waals surface area (Å²) in [6.45, 7) is 10.3. The molecule has 1 aromatic heterocycles. The topological polar surface area (TPSA) is 128 Å². The van der Waals surface area contributed by atoms with E-state index in [-0.39, 0.29) is 75.0 Å². The molecule has 0 aliphatic carbocycles. The standard InChI is InChI=1S/C12H15N3.C10H19NO2.CH2O.K.H2N/c1-13-8-9-3-4-11-10(7-9)5-6-15-12(11)14-2;1-10(2,3)6-9(13)11-5-4-8(12)7-11;1-2;;/h3-7,13H,8H2,1-2H3,(H,14,15);8,12H,4-7H2,1-3H3;1H2;;1H2/q;;;+1;-1. The van der Waals surface area contributed by atoms with Crippen LogP contribution < -0.4 is 62.0 Å². The van der Waals surface area contributed by atoms with Gasteiger partial charge >= 0.3 is 51.4 Å². The van der Waals surface area contributed by atoms with Crippen molar-refractivity contribution in [1.82, 2.24) is 15.2 Å². The molecule has 3 rings (SSSR count). The zero-order chi connectivity index (χ0) is 22.7. The number of hydrogen-bond donors (Lipinski definition) is 3. The molecule has 0 radical (unpaired) electrons. The van der Waals surface area contributed by atoms with Crippen molar-refractivity contribution in [2.75, 3.05) is 32.5 Å². The summed E-state index contributed by atoms with van der Waals surface area (Å²) in [5.74, 6) is 1.10. The second-order valence-corrected chi connectivity index (χ2v) is 8.52. The molecule has 0 bridgehead atoms. The van der Waals surface area contributed by atoms with Gasteiger partial charge in [-0.25, -0.2) is 4.98 Å². The summed E-state index contributed by atoms with van der Waals surface area (Å²) in [5.41, 5.74) is 1.34. The van der Waals surface area contributed by atoms with E-state index in [0.717, 1.165) is 25.3 Å². The van der Waals surface area contributed by atoms with Crippen LogP contribution in [0.2, 0.25) is 0 Å². The minimum Gasteiger partial charge on any atom is -0.693 e. The van der Waals surface area contributed by atoms with Crippen LogP contribution in [0.1, 0.15) is 39.2 Å². The summed E-state index contributed by atoms with van der Waals surface area (Å²) in [6, 6.07) is 8.46. The van der Waals surface area contributed by atoms with Crippen molar-refractivity contribution < 1.29 is 66.1 Å². The van der Waals surface area contributed by atoms with Crippen LogP contribution in [0, 0.1) is 5.41 Å². The fraction of sp³-hybridized carbons (Fsp3) is 0.522. The number of nitrogens with one attached hydrogen (secondary N) is 2. The van der Waals surface area contributed by atoms with Crippen LogP contribution in [0.5, 0.6) is 0 Å². The molecule has 0 saturated carbocycles. The summed E-state index contributed by atoms with van der Waals surface area (Å²) in [6.07, 6.45) is 2.83. The maximum absolute atomic E-state index is 11.6. The Bertz CT molecular complexity index is 814. The molecule has 2 heterocycles. The average molecular weight is 472 g/mol. The monoisotopic (exact) mass is 471 g/mol. The molecule has 32 heavy (non-hydrogen) atoms. The quantitative estimate of drug-likeness (QED) is 0.559. The number of aliphatic hydroxyl groups excluding tert-OH is 1. The molecule has 5 N–H and O–H groups in total. The van der Waals surface area contributed by atoms with Gasteiger partial charge in [0.15, 0.2) is 0 Å². The van der Waals surface area contributed by atoms with E-state index >= 15 is 0 Å². The Kier molecular flexibility index (Phi) is 17.3. The number of nitrogens with two attached hydrogens (primary N) is 1. The third kappa shape index (κ3) is 11.3. The number of benzene rings is 1. The van der Waals surface area contributed by atoms with Gasteiger partial charge in [-0.05, 0) is 42.0 Å². The van der Waals surface area contributed by atoms with Crippen LogP contribution in [0.25, 0.3) is 16.9 Å². The second-order valence-electron chi connectivity index (χ2n) is 8.52. The van der Waals surface area contributed by atoms with Gasteiger partial charge in [0.05, 0.1) is 6.10 Å². The number of likely N-dealkylation sites (tertiary alicyclic amines) is 1. The van der Waals surface area contributed by atoms with Gasteiger partial charge in [-0.15, -0.1) is 0 Å². The molecular formula is C23H38KN5O3. The molecule has 1 aliphatic heterocycles. The average Bonchev–Trinajstić information content (AvgIpc) is 3.15. The van der Waals surface area contributed by atoms with Gasteiger partial charge in [-0.2, -0.15) is 0 Å². The molecule has 174 valence electrons. The number of carbonyl (C=O) groups is 2. The first-order valence-corrected chi connectivity index (χ1v) is 10.2. The van der Waals surface area contributed by atoms with E-state index in [1.807, 2.05) is 33.1 Å². The van der Waals surface area contributed by atoms with E-state index in [9.17, 15) is 9.90 Å². The van der Waals surface area contributed by atoms with Crippen molar-refractivity contribution in [3.63, 3.8) is 0 Å². The largest absolute Gasteiger partial charge is 1.00 e. The van der Waals surface area contributed by atoms with Gasteiger partial charge in [0.25, 0.3) is 0 Å². The van der Waals surface area contributed by atoms with Crippen LogP contribution in [-0.4, -0.2) is 61.0 Å². The number of pyridine rings is 1. The van der Waals surface area contributed by atoms with E-state index in [4.69, 9.17) is 4.79 Å². The molecule has 1 aliphatic rings. The van der Waals surface area contributed by atoms with E-state index in [0.29, 0.717) is 13.0 Å².